The van der Waals surface area contributed by atoms with Crippen LogP contribution in [0, 0.1) is 12.7 Å². The van der Waals surface area contributed by atoms with Crippen LogP contribution >= 0.6 is 0 Å². The molecule has 1 saturated heterocycles. The van der Waals surface area contributed by atoms with E-state index in [1.807, 2.05) is 11.8 Å². The lowest BCUT2D eigenvalue weighted by Gasteiger charge is -2.32. The molecule has 1 aromatic heterocycles. The van der Waals surface area contributed by atoms with Crippen molar-refractivity contribution < 1.29 is 13.9 Å². The summed E-state index contributed by atoms with van der Waals surface area (Å²) in [5.41, 5.74) is 2.54. The van der Waals surface area contributed by atoms with Gasteiger partial charge in [0, 0.05) is 43.6 Å². The molecule has 2 aliphatic rings. The van der Waals surface area contributed by atoms with Crippen LogP contribution in [0.5, 0.6) is 5.75 Å². The van der Waals surface area contributed by atoms with Gasteiger partial charge in [0.05, 0.1) is 11.3 Å². The lowest BCUT2D eigenvalue weighted by molar-refractivity contribution is 0.0593. The zero-order valence-corrected chi connectivity index (χ0v) is 14.3. The molecule has 2 fully saturated rings. The Morgan fingerprint density at radius 1 is 1.28 bits per heavy atom. The Morgan fingerprint density at radius 3 is 2.72 bits per heavy atom. The van der Waals surface area contributed by atoms with Crippen LogP contribution in [0.1, 0.15) is 53.3 Å². The number of aromatic nitrogens is 2. The molecule has 1 amide bonds. The fourth-order valence-electron chi connectivity index (χ4n) is 3.44. The van der Waals surface area contributed by atoms with Gasteiger partial charge in [-0.3, -0.25) is 9.89 Å². The number of piperidine rings is 1. The number of hydrogen-bond acceptors (Lipinski definition) is 3. The molecule has 5 nitrogen and oxygen atoms in total. The first-order chi connectivity index (χ1) is 12.1. The average molecular weight is 343 g/mol. The van der Waals surface area contributed by atoms with E-state index in [0.717, 1.165) is 42.6 Å². The molecular weight excluding hydrogens is 321 g/mol. The summed E-state index contributed by atoms with van der Waals surface area (Å²) in [6.45, 7) is 3.20. The molecule has 1 aliphatic carbocycles. The Balaban J connectivity index is 1.38. The van der Waals surface area contributed by atoms with E-state index >= 15 is 0 Å². The van der Waals surface area contributed by atoms with Crippen molar-refractivity contribution in [2.24, 2.45) is 0 Å². The van der Waals surface area contributed by atoms with Crippen LogP contribution in [-0.2, 0) is 0 Å². The van der Waals surface area contributed by atoms with Crippen molar-refractivity contribution in [2.45, 2.75) is 44.6 Å². The van der Waals surface area contributed by atoms with Crippen molar-refractivity contribution >= 4 is 5.91 Å². The van der Waals surface area contributed by atoms with Crippen LogP contribution in [0.15, 0.2) is 24.3 Å². The van der Waals surface area contributed by atoms with Crippen LogP contribution in [-0.4, -0.2) is 40.2 Å². The first kappa shape index (κ1) is 16.1. The number of aryl methyl sites for hydroxylation is 1. The summed E-state index contributed by atoms with van der Waals surface area (Å²) in [4.78, 5) is 14.8. The Hall–Kier alpha value is -2.37. The summed E-state index contributed by atoms with van der Waals surface area (Å²) >= 11 is 0. The topological polar surface area (TPSA) is 58.2 Å². The Labute approximate surface area is 146 Å². The number of amides is 1. The number of likely N-dealkylation sites (tertiary alicyclic amines) is 1. The standard InChI is InChI=1S/C19H22FN3O2/c1-12-17(18(22-21-12)13-5-6-13)19(24)23-9-7-15(8-10-23)25-16-4-2-3-14(20)11-16/h2-4,11,13,15H,5-10H2,1H3,(H,21,22). The number of H-pyrrole nitrogens is 1. The molecule has 2 heterocycles. The predicted molar refractivity (Wildman–Crippen MR) is 91.3 cm³/mol. The summed E-state index contributed by atoms with van der Waals surface area (Å²) in [5.74, 6) is 0.759. The molecule has 6 heteroatoms. The third kappa shape index (κ3) is 3.38. The van der Waals surface area contributed by atoms with Gasteiger partial charge in [-0.1, -0.05) is 6.07 Å². The second-order valence-electron chi connectivity index (χ2n) is 6.95. The van der Waals surface area contributed by atoms with Crippen LogP contribution in [0.2, 0.25) is 0 Å². The molecule has 25 heavy (non-hydrogen) atoms. The minimum atomic E-state index is -0.298. The molecule has 0 atom stereocenters. The lowest BCUT2D eigenvalue weighted by Crippen LogP contribution is -2.42. The highest BCUT2D eigenvalue weighted by atomic mass is 19.1. The molecule has 2 aromatic rings. The van der Waals surface area contributed by atoms with Gasteiger partial charge in [0.15, 0.2) is 0 Å². The molecule has 0 unspecified atom stereocenters. The third-order valence-corrected chi connectivity index (χ3v) is 4.98. The van der Waals surface area contributed by atoms with Gasteiger partial charge in [-0.15, -0.1) is 0 Å². The molecule has 4 rings (SSSR count). The van der Waals surface area contributed by atoms with Gasteiger partial charge in [0.25, 0.3) is 5.91 Å². The summed E-state index contributed by atoms with van der Waals surface area (Å²) < 4.78 is 19.1. The van der Waals surface area contributed by atoms with E-state index in [2.05, 4.69) is 10.2 Å². The molecule has 0 spiro atoms. The largest absolute Gasteiger partial charge is 0.490 e. The van der Waals surface area contributed by atoms with Gasteiger partial charge in [-0.25, -0.2) is 4.39 Å². The molecule has 1 aromatic carbocycles. The molecule has 1 N–H and O–H groups in total. The van der Waals surface area contributed by atoms with E-state index in [4.69, 9.17) is 4.74 Å². The third-order valence-electron chi connectivity index (χ3n) is 4.98. The SMILES string of the molecule is Cc1[nH]nc(C2CC2)c1C(=O)N1CCC(Oc2cccc(F)c2)CC1. The highest BCUT2D eigenvalue weighted by Gasteiger charge is 2.34. The van der Waals surface area contributed by atoms with Crippen LogP contribution < -0.4 is 4.74 Å². The van der Waals surface area contributed by atoms with Crippen LogP contribution in [0.3, 0.4) is 0 Å². The van der Waals surface area contributed by atoms with Crippen molar-refractivity contribution in [1.29, 1.82) is 0 Å². The number of aromatic amines is 1. The Morgan fingerprint density at radius 2 is 2.04 bits per heavy atom. The summed E-state index contributed by atoms with van der Waals surface area (Å²) in [5, 5.41) is 7.31. The fraction of sp³-hybridized carbons (Fsp3) is 0.474. The minimum Gasteiger partial charge on any atom is -0.490 e. The van der Waals surface area contributed by atoms with Crippen LogP contribution in [0.4, 0.5) is 4.39 Å². The molecular formula is C19H22FN3O2. The maximum atomic E-state index is 13.3. The number of benzene rings is 1. The highest BCUT2D eigenvalue weighted by Crippen LogP contribution is 2.41. The number of rotatable bonds is 4. The molecule has 1 aliphatic heterocycles. The second-order valence-corrected chi connectivity index (χ2v) is 6.95. The molecule has 0 radical (unpaired) electrons. The van der Waals surface area contributed by atoms with Crippen molar-refractivity contribution in [1.82, 2.24) is 15.1 Å². The van der Waals surface area contributed by atoms with E-state index < -0.39 is 0 Å². The smallest absolute Gasteiger partial charge is 0.257 e. The van der Waals surface area contributed by atoms with Gasteiger partial charge in [0.2, 0.25) is 0 Å². The summed E-state index contributed by atoms with van der Waals surface area (Å²) in [6.07, 6.45) is 3.75. The number of hydrogen-bond donors (Lipinski definition) is 1. The minimum absolute atomic E-state index is 0.0131. The van der Waals surface area contributed by atoms with E-state index in [-0.39, 0.29) is 17.8 Å². The number of carbonyl (C=O) groups excluding carboxylic acids is 1. The van der Waals surface area contributed by atoms with Crippen LogP contribution in [0.25, 0.3) is 0 Å². The fourth-order valence-corrected chi connectivity index (χ4v) is 3.44. The maximum absolute atomic E-state index is 13.3. The zero-order valence-electron chi connectivity index (χ0n) is 14.3. The van der Waals surface area contributed by atoms with E-state index in [1.54, 1.807) is 12.1 Å². The summed E-state index contributed by atoms with van der Waals surface area (Å²) in [7, 11) is 0. The number of carbonyl (C=O) groups is 1. The van der Waals surface area contributed by atoms with Gasteiger partial charge < -0.3 is 9.64 Å². The number of nitrogens with zero attached hydrogens (tertiary/aromatic N) is 2. The summed E-state index contributed by atoms with van der Waals surface area (Å²) in [6, 6.07) is 6.20. The quantitative estimate of drug-likeness (QED) is 0.925. The average Bonchev–Trinajstić information content (AvgIpc) is 3.37. The van der Waals surface area contributed by atoms with Gasteiger partial charge in [-0.2, -0.15) is 5.10 Å². The molecule has 132 valence electrons. The van der Waals surface area contributed by atoms with E-state index in [9.17, 15) is 9.18 Å². The first-order valence-corrected chi connectivity index (χ1v) is 8.88. The maximum Gasteiger partial charge on any atom is 0.257 e. The highest BCUT2D eigenvalue weighted by molar-refractivity contribution is 5.96. The molecule has 1 saturated carbocycles. The Kier molecular flexibility index (Phi) is 4.19. The Bertz CT molecular complexity index is 777. The predicted octanol–water partition coefficient (Wildman–Crippen LogP) is 3.42. The number of nitrogens with one attached hydrogen (secondary N) is 1. The van der Waals surface area contributed by atoms with Crippen molar-refractivity contribution in [3.05, 3.63) is 47.0 Å². The first-order valence-electron chi connectivity index (χ1n) is 8.88. The second kappa shape index (κ2) is 6.50. The number of ether oxygens (including phenoxy) is 1. The normalized spacial score (nSPS) is 18.4. The van der Waals surface area contributed by atoms with Crippen molar-refractivity contribution in [3.63, 3.8) is 0 Å². The van der Waals surface area contributed by atoms with Gasteiger partial charge in [0.1, 0.15) is 17.7 Å². The van der Waals surface area contributed by atoms with Gasteiger partial charge >= 0.3 is 0 Å². The lowest BCUT2D eigenvalue weighted by atomic mass is 10.0. The van der Waals surface area contributed by atoms with E-state index in [1.165, 1.54) is 12.1 Å². The van der Waals surface area contributed by atoms with E-state index in [0.29, 0.717) is 24.8 Å². The zero-order chi connectivity index (χ0) is 17.4. The molecule has 0 bridgehead atoms. The van der Waals surface area contributed by atoms with Crippen molar-refractivity contribution in [3.8, 4) is 5.75 Å². The van der Waals surface area contributed by atoms with Crippen molar-refractivity contribution in [2.75, 3.05) is 13.1 Å². The number of halogens is 1. The monoisotopic (exact) mass is 343 g/mol. The van der Waals surface area contributed by atoms with Gasteiger partial charge in [-0.05, 0) is 31.9 Å².